The fourth-order valence-electron chi connectivity index (χ4n) is 2.68. The first-order chi connectivity index (χ1) is 11.2. The van der Waals surface area contributed by atoms with Gasteiger partial charge in [-0.05, 0) is 62.4 Å². The van der Waals surface area contributed by atoms with Crippen molar-refractivity contribution in [1.82, 2.24) is 19.2 Å². The molecular formula is C16H22N4O2S. The molecule has 3 rings (SSSR count). The van der Waals surface area contributed by atoms with Crippen molar-refractivity contribution in [2.24, 2.45) is 7.05 Å². The van der Waals surface area contributed by atoms with Crippen LogP contribution in [-0.4, -0.2) is 39.4 Å². The average molecular weight is 334 g/mol. The second kappa shape index (κ2) is 7.14. The smallest absolute Gasteiger partial charge is 0.198 e. The van der Waals surface area contributed by atoms with E-state index in [1.807, 2.05) is 40.6 Å². The maximum Gasteiger partial charge on any atom is 0.198 e. The number of likely N-dealkylation sites (tertiary alicyclic amines) is 1. The molecule has 2 heterocycles. The zero-order valence-corrected chi connectivity index (χ0v) is 14.4. The lowest BCUT2D eigenvalue weighted by Crippen LogP contribution is -2.23. The van der Waals surface area contributed by atoms with Gasteiger partial charge in [0.25, 0.3) is 0 Å². The molecule has 0 saturated carbocycles. The van der Waals surface area contributed by atoms with E-state index in [-0.39, 0.29) is 0 Å². The Hall–Kier alpha value is -1.86. The summed E-state index contributed by atoms with van der Waals surface area (Å²) in [5, 5.41) is 4.61. The maximum absolute atomic E-state index is 5.80. The molecule has 0 spiro atoms. The van der Waals surface area contributed by atoms with Gasteiger partial charge >= 0.3 is 0 Å². The van der Waals surface area contributed by atoms with Gasteiger partial charge in [0.15, 0.2) is 10.6 Å². The third-order valence-electron chi connectivity index (χ3n) is 4.09. The van der Waals surface area contributed by atoms with Crippen molar-refractivity contribution in [3.63, 3.8) is 0 Å². The summed E-state index contributed by atoms with van der Waals surface area (Å²) < 4.78 is 15.5. The number of aromatic nitrogens is 3. The van der Waals surface area contributed by atoms with Crippen molar-refractivity contribution in [2.45, 2.75) is 26.1 Å². The summed E-state index contributed by atoms with van der Waals surface area (Å²) in [6, 6.07) is 7.52. The van der Waals surface area contributed by atoms with Crippen molar-refractivity contribution in [3.05, 3.63) is 34.9 Å². The van der Waals surface area contributed by atoms with E-state index in [1.54, 1.807) is 7.11 Å². The largest absolute Gasteiger partial charge is 0.497 e. The molecule has 1 fully saturated rings. The lowest BCUT2D eigenvalue weighted by Gasteiger charge is -2.13. The topological polar surface area (TPSA) is 44.5 Å². The van der Waals surface area contributed by atoms with Gasteiger partial charge in [0, 0.05) is 7.05 Å². The fourth-order valence-corrected chi connectivity index (χ4v) is 2.89. The number of ether oxygens (including phenoxy) is 2. The first-order valence-corrected chi connectivity index (χ1v) is 8.20. The molecule has 1 aromatic heterocycles. The molecule has 1 aliphatic heterocycles. The van der Waals surface area contributed by atoms with Crippen LogP contribution in [0.4, 0.5) is 0 Å². The van der Waals surface area contributed by atoms with Crippen LogP contribution in [0.1, 0.15) is 18.7 Å². The van der Waals surface area contributed by atoms with E-state index in [1.165, 1.54) is 12.8 Å². The quantitative estimate of drug-likeness (QED) is 0.760. The van der Waals surface area contributed by atoms with Crippen LogP contribution in [0.2, 0.25) is 0 Å². The first kappa shape index (κ1) is 16.0. The Labute approximate surface area is 141 Å². The molecule has 6 nitrogen and oxygen atoms in total. The minimum Gasteiger partial charge on any atom is -0.497 e. The first-order valence-electron chi connectivity index (χ1n) is 7.79. The van der Waals surface area contributed by atoms with E-state index in [4.69, 9.17) is 21.7 Å². The zero-order chi connectivity index (χ0) is 16.2. The van der Waals surface area contributed by atoms with Gasteiger partial charge in [-0.1, -0.05) is 0 Å². The lowest BCUT2D eigenvalue weighted by atomic mass is 10.3. The number of hydrogen-bond donors (Lipinski definition) is 0. The molecular weight excluding hydrogens is 312 g/mol. The van der Waals surface area contributed by atoms with E-state index in [9.17, 15) is 0 Å². The summed E-state index contributed by atoms with van der Waals surface area (Å²) in [5.74, 6) is 2.42. The Morgan fingerprint density at radius 3 is 2.43 bits per heavy atom. The Morgan fingerprint density at radius 1 is 1.13 bits per heavy atom. The monoisotopic (exact) mass is 334 g/mol. The normalized spacial score (nSPS) is 15.0. The molecule has 1 aliphatic rings. The molecule has 1 aromatic carbocycles. The number of methoxy groups -OCH3 is 1. The third kappa shape index (κ3) is 3.73. The SMILES string of the molecule is COc1ccc(OCc2nn(CN3CCCC3)c(=S)n2C)cc1. The van der Waals surface area contributed by atoms with E-state index in [0.29, 0.717) is 6.61 Å². The Balaban J connectivity index is 1.66. The Bertz CT molecular complexity index is 702. The molecule has 7 heteroatoms. The van der Waals surface area contributed by atoms with Crippen LogP contribution in [0.5, 0.6) is 11.5 Å². The lowest BCUT2D eigenvalue weighted by molar-refractivity contribution is 0.249. The molecule has 23 heavy (non-hydrogen) atoms. The molecule has 0 bridgehead atoms. The summed E-state index contributed by atoms with van der Waals surface area (Å²) in [6.07, 6.45) is 2.52. The standard InChI is InChI=1S/C16H22N4O2S/c1-18-15(11-22-14-7-5-13(21-2)6-8-14)17-20(16(18)23)12-19-9-3-4-10-19/h5-8H,3-4,9-12H2,1-2H3. The van der Waals surface area contributed by atoms with Crippen molar-refractivity contribution in [3.8, 4) is 11.5 Å². The highest BCUT2D eigenvalue weighted by Gasteiger charge is 2.15. The second-order valence-electron chi connectivity index (χ2n) is 5.69. The molecule has 124 valence electrons. The van der Waals surface area contributed by atoms with Crippen LogP contribution in [-0.2, 0) is 20.3 Å². The van der Waals surface area contributed by atoms with Gasteiger partial charge in [-0.25, -0.2) is 4.68 Å². The average Bonchev–Trinajstić information content (AvgIpc) is 3.18. The Morgan fingerprint density at radius 2 is 1.78 bits per heavy atom. The van der Waals surface area contributed by atoms with Gasteiger partial charge in [-0.3, -0.25) is 4.90 Å². The summed E-state index contributed by atoms with van der Waals surface area (Å²) >= 11 is 5.48. The number of benzene rings is 1. The highest BCUT2D eigenvalue weighted by Crippen LogP contribution is 2.18. The van der Waals surface area contributed by atoms with Crippen molar-refractivity contribution < 1.29 is 9.47 Å². The summed E-state index contributed by atoms with van der Waals surface area (Å²) in [6.45, 7) is 3.39. The molecule has 2 aromatic rings. The number of nitrogens with zero attached hydrogens (tertiary/aromatic N) is 4. The van der Waals surface area contributed by atoms with Crippen molar-refractivity contribution in [1.29, 1.82) is 0 Å². The third-order valence-corrected chi connectivity index (χ3v) is 4.58. The molecule has 0 atom stereocenters. The summed E-state index contributed by atoms with van der Waals surface area (Å²) in [7, 11) is 3.58. The number of hydrogen-bond acceptors (Lipinski definition) is 5. The van der Waals surface area contributed by atoms with E-state index in [0.717, 1.165) is 41.9 Å². The molecule has 0 N–H and O–H groups in total. The van der Waals surface area contributed by atoms with Gasteiger partial charge < -0.3 is 14.0 Å². The van der Waals surface area contributed by atoms with E-state index < -0.39 is 0 Å². The van der Waals surface area contributed by atoms with Gasteiger partial charge in [-0.15, -0.1) is 0 Å². The number of rotatable bonds is 6. The molecule has 0 radical (unpaired) electrons. The van der Waals surface area contributed by atoms with Gasteiger partial charge in [-0.2, -0.15) is 5.10 Å². The molecule has 0 aliphatic carbocycles. The van der Waals surface area contributed by atoms with Crippen LogP contribution >= 0.6 is 12.2 Å². The minimum atomic E-state index is 0.388. The zero-order valence-electron chi connectivity index (χ0n) is 13.6. The van der Waals surface area contributed by atoms with Crippen LogP contribution in [0.15, 0.2) is 24.3 Å². The van der Waals surface area contributed by atoms with Crippen LogP contribution in [0.3, 0.4) is 0 Å². The van der Waals surface area contributed by atoms with Gasteiger partial charge in [0.2, 0.25) is 0 Å². The van der Waals surface area contributed by atoms with Gasteiger partial charge in [0.1, 0.15) is 18.1 Å². The predicted octanol–water partition coefficient (Wildman–Crippen LogP) is 2.59. The second-order valence-corrected chi connectivity index (χ2v) is 6.05. The maximum atomic E-state index is 5.80. The molecule has 0 amide bonds. The molecule has 1 saturated heterocycles. The molecule has 0 unspecified atom stereocenters. The van der Waals surface area contributed by atoms with Crippen molar-refractivity contribution in [2.75, 3.05) is 20.2 Å². The fraction of sp³-hybridized carbons (Fsp3) is 0.500. The minimum absolute atomic E-state index is 0.388. The van der Waals surface area contributed by atoms with E-state index in [2.05, 4.69) is 10.00 Å². The Kier molecular flexibility index (Phi) is 4.97. The van der Waals surface area contributed by atoms with Crippen LogP contribution in [0, 0.1) is 4.77 Å². The van der Waals surface area contributed by atoms with Crippen molar-refractivity contribution >= 4 is 12.2 Å². The summed E-state index contributed by atoms with van der Waals surface area (Å²) in [4.78, 5) is 2.37. The predicted molar refractivity (Wildman–Crippen MR) is 90.2 cm³/mol. The highest BCUT2D eigenvalue weighted by atomic mass is 32.1. The van der Waals surface area contributed by atoms with Gasteiger partial charge in [0.05, 0.1) is 13.8 Å². The highest BCUT2D eigenvalue weighted by molar-refractivity contribution is 7.71. The van der Waals surface area contributed by atoms with E-state index >= 15 is 0 Å². The van der Waals surface area contributed by atoms with Crippen LogP contribution in [0.25, 0.3) is 0 Å². The van der Waals surface area contributed by atoms with Crippen LogP contribution < -0.4 is 9.47 Å². The summed E-state index contributed by atoms with van der Waals surface area (Å²) in [5.41, 5.74) is 0.